The van der Waals surface area contributed by atoms with Crippen molar-refractivity contribution in [3.8, 4) is 0 Å². The maximum atomic E-state index is 11.2. The maximum Gasteiger partial charge on any atom is 0.223 e. The molecule has 1 amide bonds. The van der Waals surface area contributed by atoms with E-state index in [1.165, 1.54) is 12.8 Å². The Balaban J connectivity index is 1.86. The molecule has 2 heterocycles. The lowest BCUT2D eigenvalue weighted by molar-refractivity contribution is -0.117. The van der Waals surface area contributed by atoms with Gasteiger partial charge in [-0.25, -0.2) is 0 Å². The van der Waals surface area contributed by atoms with Crippen LogP contribution in [0.25, 0.3) is 10.9 Å². The van der Waals surface area contributed by atoms with E-state index in [9.17, 15) is 4.79 Å². The van der Waals surface area contributed by atoms with Gasteiger partial charge in [-0.3, -0.25) is 9.48 Å². The van der Waals surface area contributed by atoms with Crippen LogP contribution in [0.15, 0.2) is 24.3 Å². The minimum Gasteiger partial charge on any atom is -0.369 e. The Bertz CT molecular complexity index is 641. The van der Waals surface area contributed by atoms with E-state index in [2.05, 4.69) is 27.8 Å². The average molecular weight is 286 g/mol. The molecule has 21 heavy (non-hydrogen) atoms. The zero-order valence-electron chi connectivity index (χ0n) is 12.5. The largest absolute Gasteiger partial charge is 0.369 e. The third-order valence-corrected chi connectivity index (χ3v) is 4.35. The molecule has 0 aliphatic carbocycles. The second-order valence-electron chi connectivity index (χ2n) is 6.04. The van der Waals surface area contributed by atoms with Crippen LogP contribution in [0.4, 0.5) is 0 Å². The molecule has 5 heteroatoms. The zero-order valence-corrected chi connectivity index (χ0v) is 12.5. The van der Waals surface area contributed by atoms with Gasteiger partial charge in [-0.15, -0.1) is 0 Å². The first-order valence-electron chi connectivity index (χ1n) is 7.55. The summed E-state index contributed by atoms with van der Waals surface area (Å²) < 4.78 is 2.06. The van der Waals surface area contributed by atoms with E-state index >= 15 is 0 Å². The normalized spacial score (nSPS) is 17.4. The first-order valence-corrected chi connectivity index (χ1v) is 7.55. The number of benzene rings is 1. The van der Waals surface area contributed by atoms with E-state index in [-0.39, 0.29) is 12.3 Å². The smallest absolute Gasteiger partial charge is 0.223 e. The Hall–Kier alpha value is -1.88. The number of piperidine rings is 1. The number of primary amides is 1. The number of carbonyl (C=O) groups excluding carboxylic acids is 1. The highest BCUT2D eigenvalue weighted by Crippen LogP contribution is 2.23. The summed E-state index contributed by atoms with van der Waals surface area (Å²) in [5.41, 5.74) is 7.23. The van der Waals surface area contributed by atoms with E-state index in [1.54, 1.807) is 0 Å². The van der Waals surface area contributed by atoms with Crippen molar-refractivity contribution in [2.45, 2.75) is 25.8 Å². The third kappa shape index (κ3) is 3.08. The predicted molar refractivity (Wildman–Crippen MR) is 82.9 cm³/mol. The molecule has 2 N–H and O–H groups in total. The van der Waals surface area contributed by atoms with Gasteiger partial charge in [0.1, 0.15) is 0 Å². The summed E-state index contributed by atoms with van der Waals surface area (Å²) in [5, 5.41) is 5.69. The average Bonchev–Trinajstić information content (AvgIpc) is 2.79. The third-order valence-electron chi connectivity index (χ3n) is 4.35. The molecule has 1 aliphatic heterocycles. The summed E-state index contributed by atoms with van der Waals surface area (Å²) >= 11 is 0. The van der Waals surface area contributed by atoms with Gasteiger partial charge >= 0.3 is 0 Å². The number of para-hydroxylation sites is 1. The lowest BCUT2D eigenvalue weighted by Crippen LogP contribution is -2.32. The summed E-state index contributed by atoms with van der Waals surface area (Å²) in [6.45, 7) is 3.23. The van der Waals surface area contributed by atoms with Gasteiger partial charge in [0.2, 0.25) is 5.91 Å². The zero-order chi connectivity index (χ0) is 14.8. The lowest BCUT2D eigenvalue weighted by Gasteiger charge is -2.28. The van der Waals surface area contributed by atoms with Gasteiger partial charge in [0.05, 0.1) is 17.6 Å². The van der Waals surface area contributed by atoms with Crippen molar-refractivity contribution in [2.75, 3.05) is 20.1 Å². The van der Waals surface area contributed by atoms with Crippen molar-refractivity contribution in [3.63, 3.8) is 0 Å². The van der Waals surface area contributed by atoms with Crippen LogP contribution in [0.1, 0.15) is 18.5 Å². The summed E-state index contributed by atoms with van der Waals surface area (Å²) in [4.78, 5) is 13.6. The van der Waals surface area contributed by atoms with Crippen molar-refractivity contribution in [3.05, 3.63) is 30.0 Å². The second kappa shape index (κ2) is 5.85. The highest BCUT2D eigenvalue weighted by molar-refractivity contribution is 5.87. The highest BCUT2D eigenvalue weighted by atomic mass is 16.1. The lowest BCUT2D eigenvalue weighted by atomic mass is 9.97. The van der Waals surface area contributed by atoms with E-state index in [1.807, 2.05) is 18.2 Å². The molecule has 0 unspecified atom stereocenters. The highest BCUT2D eigenvalue weighted by Gasteiger charge is 2.19. The van der Waals surface area contributed by atoms with Crippen molar-refractivity contribution < 1.29 is 4.79 Å². The molecular weight excluding hydrogens is 264 g/mol. The van der Waals surface area contributed by atoms with Gasteiger partial charge in [0, 0.05) is 11.9 Å². The van der Waals surface area contributed by atoms with Crippen LogP contribution in [-0.2, 0) is 17.8 Å². The fourth-order valence-electron chi connectivity index (χ4n) is 3.12. The predicted octanol–water partition coefficient (Wildman–Crippen LogP) is 1.41. The van der Waals surface area contributed by atoms with Crippen LogP contribution in [0.2, 0.25) is 0 Å². The number of amides is 1. The molecule has 0 radical (unpaired) electrons. The first kappa shape index (κ1) is 14.1. The summed E-state index contributed by atoms with van der Waals surface area (Å²) in [6.07, 6.45) is 2.62. The number of rotatable bonds is 4. The van der Waals surface area contributed by atoms with Crippen LogP contribution in [0.3, 0.4) is 0 Å². The Morgan fingerprint density at radius 2 is 2.05 bits per heavy atom. The molecule has 0 spiro atoms. The fraction of sp³-hybridized carbons (Fsp3) is 0.500. The topological polar surface area (TPSA) is 64.2 Å². The molecule has 5 nitrogen and oxygen atoms in total. The van der Waals surface area contributed by atoms with Gasteiger partial charge in [0.25, 0.3) is 0 Å². The number of nitrogens with two attached hydrogens (primary N) is 1. The summed E-state index contributed by atoms with van der Waals surface area (Å²) in [6, 6.07) is 8.09. The van der Waals surface area contributed by atoms with Crippen molar-refractivity contribution in [2.24, 2.45) is 11.7 Å². The number of hydrogen-bond acceptors (Lipinski definition) is 3. The molecule has 1 fully saturated rings. The molecule has 0 saturated carbocycles. The molecule has 112 valence electrons. The number of hydrogen-bond donors (Lipinski definition) is 1. The number of nitrogens with zero attached hydrogens (tertiary/aromatic N) is 3. The minimum atomic E-state index is -0.329. The fourth-order valence-corrected chi connectivity index (χ4v) is 3.12. The Labute approximate surface area is 124 Å². The Morgan fingerprint density at radius 3 is 2.76 bits per heavy atom. The SMILES string of the molecule is CN1CCC(Cn2nc(CC(N)=O)c3ccccc32)CC1. The van der Waals surface area contributed by atoms with Crippen LogP contribution < -0.4 is 5.73 Å². The molecule has 1 aliphatic rings. The molecular formula is C16H22N4O. The van der Waals surface area contributed by atoms with E-state index in [4.69, 9.17) is 5.73 Å². The molecule has 3 rings (SSSR count). The van der Waals surface area contributed by atoms with Crippen molar-refractivity contribution >= 4 is 16.8 Å². The van der Waals surface area contributed by atoms with E-state index in [0.717, 1.165) is 36.2 Å². The molecule has 1 aromatic heterocycles. The van der Waals surface area contributed by atoms with E-state index < -0.39 is 0 Å². The van der Waals surface area contributed by atoms with Crippen LogP contribution in [0, 0.1) is 5.92 Å². The monoisotopic (exact) mass is 286 g/mol. The number of fused-ring (bicyclic) bond motifs is 1. The van der Waals surface area contributed by atoms with Gasteiger partial charge in [0.15, 0.2) is 0 Å². The summed E-state index contributed by atoms with van der Waals surface area (Å²) in [5.74, 6) is 0.329. The second-order valence-corrected chi connectivity index (χ2v) is 6.04. The van der Waals surface area contributed by atoms with Gasteiger partial charge in [-0.05, 0) is 45.0 Å². The van der Waals surface area contributed by atoms with Crippen LogP contribution in [-0.4, -0.2) is 40.7 Å². The molecule has 2 aromatic rings. The molecule has 0 atom stereocenters. The van der Waals surface area contributed by atoms with Gasteiger partial charge < -0.3 is 10.6 Å². The molecule has 1 saturated heterocycles. The number of aromatic nitrogens is 2. The minimum absolute atomic E-state index is 0.209. The van der Waals surface area contributed by atoms with Crippen molar-refractivity contribution in [1.29, 1.82) is 0 Å². The Morgan fingerprint density at radius 1 is 1.33 bits per heavy atom. The number of carbonyl (C=O) groups is 1. The Kier molecular flexibility index (Phi) is 3.92. The van der Waals surface area contributed by atoms with Crippen LogP contribution in [0.5, 0.6) is 0 Å². The quantitative estimate of drug-likeness (QED) is 0.924. The number of likely N-dealkylation sites (tertiary alicyclic amines) is 1. The van der Waals surface area contributed by atoms with E-state index in [0.29, 0.717) is 5.92 Å². The maximum absolute atomic E-state index is 11.2. The van der Waals surface area contributed by atoms with Crippen LogP contribution >= 0.6 is 0 Å². The summed E-state index contributed by atoms with van der Waals surface area (Å²) in [7, 11) is 2.17. The molecule has 0 bridgehead atoms. The first-order chi connectivity index (χ1) is 10.1. The van der Waals surface area contributed by atoms with Gasteiger partial charge in [-0.2, -0.15) is 5.10 Å². The van der Waals surface area contributed by atoms with Gasteiger partial charge in [-0.1, -0.05) is 18.2 Å². The molecule has 1 aromatic carbocycles. The standard InChI is InChI=1S/C16H22N4O/c1-19-8-6-12(7-9-19)11-20-15-5-3-2-4-13(15)14(18-20)10-16(17)21/h2-5,12H,6-11H2,1H3,(H2,17,21). The van der Waals surface area contributed by atoms with Crippen molar-refractivity contribution in [1.82, 2.24) is 14.7 Å².